The molecule has 25 heavy (non-hydrogen) atoms. The first-order valence-electron chi connectivity index (χ1n) is 8.21. The normalized spacial score (nSPS) is 10.1. The monoisotopic (exact) mass is 342 g/mol. The van der Waals surface area contributed by atoms with Crippen molar-refractivity contribution < 1.29 is 14.3 Å². The van der Waals surface area contributed by atoms with E-state index in [0.29, 0.717) is 18.8 Å². The third-order valence-electron chi connectivity index (χ3n) is 3.36. The van der Waals surface area contributed by atoms with E-state index in [-0.39, 0.29) is 24.1 Å². The third kappa shape index (κ3) is 6.58. The van der Waals surface area contributed by atoms with Gasteiger partial charge in [0.1, 0.15) is 11.4 Å². The van der Waals surface area contributed by atoms with Crippen LogP contribution >= 0.6 is 0 Å². The van der Waals surface area contributed by atoms with Gasteiger partial charge in [-0.25, -0.2) is 4.98 Å². The Morgan fingerprint density at radius 2 is 1.84 bits per heavy atom. The molecule has 7 heteroatoms. The molecule has 0 bridgehead atoms. The molecule has 0 fully saturated rings. The number of carbonyl (C=O) groups is 2. The topological polar surface area (TPSA) is 93.2 Å². The lowest BCUT2D eigenvalue weighted by atomic mass is 10.1. The molecule has 2 rings (SSSR count). The summed E-state index contributed by atoms with van der Waals surface area (Å²) in [6.45, 7) is 2.67. The van der Waals surface area contributed by atoms with Crippen LogP contribution in [0.2, 0.25) is 0 Å². The lowest BCUT2D eigenvalue weighted by molar-refractivity contribution is -0.123. The number of rotatable bonds is 9. The van der Waals surface area contributed by atoms with Crippen molar-refractivity contribution in [2.75, 3.05) is 19.7 Å². The number of nitrogens with one attached hydrogen (secondary N) is 2. The predicted molar refractivity (Wildman–Crippen MR) is 93.3 cm³/mol. The second kappa shape index (κ2) is 10.0. The Bertz CT molecular complexity index is 674. The minimum absolute atomic E-state index is 0.0643. The molecule has 0 unspecified atom stereocenters. The standard InChI is InChI=1S/C18H22N4O3/c1-2-3-14-4-6-15(7-5-14)25-13-17(23)21-10-11-22-18(24)16-12-19-8-9-20-16/h4-9,12H,2-3,10-11,13H2,1H3,(H,21,23)(H,22,24). The van der Waals surface area contributed by atoms with E-state index < -0.39 is 0 Å². The van der Waals surface area contributed by atoms with Gasteiger partial charge in [-0.15, -0.1) is 0 Å². The Morgan fingerprint density at radius 1 is 1.08 bits per heavy atom. The first kappa shape index (κ1) is 18.4. The number of amides is 2. The number of hydrogen-bond donors (Lipinski definition) is 2. The lowest BCUT2D eigenvalue weighted by Crippen LogP contribution is -2.37. The zero-order valence-corrected chi connectivity index (χ0v) is 14.2. The zero-order valence-electron chi connectivity index (χ0n) is 14.2. The molecule has 0 aliphatic rings. The fourth-order valence-electron chi connectivity index (χ4n) is 2.13. The highest BCUT2D eigenvalue weighted by molar-refractivity contribution is 5.91. The molecule has 2 N–H and O–H groups in total. The van der Waals surface area contributed by atoms with E-state index in [1.807, 2.05) is 24.3 Å². The summed E-state index contributed by atoms with van der Waals surface area (Å²) in [5.41, 5.74) is 1.49. The van der Waals surface area contributed by atoms with Gasteiger partial charge < -0.3 is 15.4 Å². The van der Waals surface area contributed by atoms with Gasteiger partial charge in [-0.05, 0) is 24.1 Å². The molecule has 0 radical (unpaired) electrons. The van der Waals surface area contributed by atoms with Crippen molar-refractivity contribution in [3.05, 3.63) is 54.1 Å². The molecule has 2 aromatic rings. The quantitative estimate of drug-likeness (QED) is 0.671. The molecule has 2 amide bonds. The van der Waals surface area contributed by atoms with Gasteiger partial charge in [0.05, 0.1) is 6.20 Å². The summed E-state index contributed by atoms with van der Waals surface area (Å²) in [4.78, 5) is 31.2. The number of hydrogen-bond acceptors (Lipinski definition) is 5. The maximum Gasteiger partial charge on any atom is 0.271 e. The number of carbonyl (C=O) groups excluding carboxylic acids is 2. The van der Waals surface area contributed by atoms with E-state index in [9.17, 15) is 9.59 Å². The van der Waals surface area contributed by atoms with Crippen molar-refractivity contribution in [3.63, 3.8) is 0 Å². The Labute approximate surface area is 146 Å². The lowest BCUT2D eigenvalue weighted by Gasteiger charge is -2.09. The number of aryl methyl sites for hydroxylation is 1. The van der Waals surface area contributed by atoms with Crippen LogP contribution in [0, 0.1) is 0 Å². The van der Waals surface area contributed by atoms with E-state index in [1.165, 1.54) is 24.2 Å². The van der Waals surface area contributed by atoms with E-state index in [0.717, 1.165) is 12.8 Å². The maximum atomic E-state index is 11.7. The fourth-order valence-corrected chi connectivity index (χ4v) is 2.13. The summed E-state index contributed by atoms with van der Waals surface area (Å²) in [6.07, 6.45) is 6.45. The van der Waals surface area contributed by atoms with Crippen LogP contribution in [-0.2, 0) is 11.2 Å². The Balaban J connectivity index is 1.61. The van der Waals surface area contributed by atoms with Crippen LogP contribution in [0.5, 0.6) is 5.75 Å². The molecule has 132 valence electrons. The second-order valence-electron chi connectivity index (χ2n) is 5.38. The fraction of sp³-hybridized carbons (Fsp3) is 0.333. The molecule has 0 atom stereocenters. The highest BCUT2D eigenvalue weighted by Gasteiger charge is 2.06. The van der Waals surface area contributed by atoms with E-state index >= 15 is 0 Å². The van der Waals surface area contributed by atoms with Gasteiger partial charge in [0.2, 0.25) is 0 Å². The van der Waals surface area contributed by atoms with Gasteiger partial charge in [-0.2, -0.15) is 0 Å². The van der Waals surface area contributed by atoms with Crippen LogP contribution in [0.4, 0.5) is 0 Å². The van der Waals surface area contributed by atoms with Gasteiger partial charge in [0, 0.05) is 25.5 Å². The second-order valence-corrected chi connectivity index (χ2v) is 5.38. The van der Waals surface area contributed by atoms with Crippen molar-refractivity contribution in [2.45, 2.75) is 19.8 Å². The molecule has 7 nitrogen and oxygen atoms in total. The number of ether oxygens (including phenoxy) is 1. The van der Waals surface area contributed by atoms with Crippen LogP contribution in [0.3, 0.4) is 0 Å². The molecular formula is C18H22N4O3. The van der Waals surface area contributed by atoms with Gasteiger partial charge in [0.15, 0.2) is 6.61 Å². The number of benzene rings is 1. The van der Waals surface area contributed by atoms with Crippen LogP contribution < -0.4 is 15.4 Å². The molecule has 0 spiro atoms. The van der Waals surface area contributed by atoms with Crippen molar-refractivity contribution >= 4 is 11.8 Å². The number of aromatic nitrogens is 2. The maximum absolute atomic E-state index is 11.7. The minimum Gasteiger partial charge on any atom is -0.484 e. The molecule has 0 saturated heterocycles. The SMILES string of the molecule is CCCc1ccc(OCC(=O)NCCNC(=O)c2cnccn2)cc1. The van der Waals surface area contributed by atoms with Gasteiger partial charge in [0.25, 0.3) is 11.8 Å². The molecule has 1 aromatic carbocycles. The predicted octanol–water partition coefficient (Wildman–Crippen LogP) is 1.35. The summed E-state index contributed by atoms with van der Waals surface area (Å²) in [5, 5.41) is 5.33. The van der Waals surface area contributed by atoms with Crippen molar-refractivity contribution in [1.82, 2.24) is 20.6 Å². The average molecular weight is 342 g/mol. The third-order valence-corrected chi connectivity index (χ3v) is 3.36. The summed E-state index contributed by atoms with van der Waals surface area (Å²) in [6, 6.07) is 7.72. The van der Waals surface area contributed by atoms with Crippen LogP contribution in [-0.4, -0.2) is 41.5 Å². The summed E-state index contributed by atoms with van der Waals surface area (Å²) in [7, 11) is 0. The average Bonchev–Trinajstić information content (AvgIpc) is 2.65. The molecule has 1 aromatic heterocycles. The first-order chi connectivity index (χ1) is 12.2. The highest BCUT2D eigenvalue weighted by Crippen LogP contribution is 2.13. The van der Waals surface area contributed by atoms with Gasteiger partial charge in [-0.3, -0.25) is 14.6 Å². The van der Waals surface area contributed by atoms with Gasteiger partial charge in [-0.1, -0.05) is 25.5 Å². The van der Waals surface area contributed by atoms with Crippen LogP contribution in [0.15, 0.2) is 42.9 Å². The Morgan fingerprint density at radius 3 is 2.52 bits per heavy atom. The van der Waals surface area contributed by atoms with Crippen molar-refractivity contribution in [1.29, 1.82) is 0 Å². The van der Waals surface area contributed by atoms with E-state index in [2.05, 4.69) is 27.5 Å². The van der Waals surface area contributed by atoms with Crippen LogP contribution in [0.1, 0.15) is 29.4 Å². The molecule has 0 saturated carbocycles. The summed E-state index contributed by atoms with van der Waals surface area (Å²) in [5.74, 6) is 0.0862. The Kier molecular flexibility index (Phi) is 7.37. The van der Waals surface area contributed by atoms with Crippen LogP contribution in [0.25, 0.3) is 0 Å². The highest BCUT2D eigenvalue weighted by atomic mass is 16.5. The number of nitrogens with zero attached hydrogens (tertiary/aromatic N) is 2. The van der Waals surface area contributed by atoms with Gasteiger partial charge >= 0.3 is 0 Å². The van der Waals surface area contributed by atoms with E-state index in [1.54, 1.807) is 0 Å². The first-order valence-corrected chi connectivity index (χ1v) is 8.21. The largest absolute Gasteiger partial charge is 0.484 e. The zero-order chi connectivity index (χ0) is 17.9. The molecule has 1 heterocycles. The Hall–Kier alpha value is -2.96. The molecule has 0 aliphatic heterocycles. The summed E-state index contributed by atoms with van der Waals surface area (Å²) >= 11 is 0. The summed E-state index contributed by atoms with van der Waals surface area (Å²) < 4.78 is 5.43. The van der Waals surface area contributed by atoms with Crippen molar-refractivity contribution in [3.8, 4) is 5.75 Å². The minimum atomic E-state index is -0.328. The molecular weight excluding hydrogens is 320 g/mol. The van der Waals surface area contributed by atoms with E-state index in [4.69, 9.17) is 4.74 Å². The smallest absolute Gasteiger partial charge is 0.271 e. The van der Waals surface area contributed by atoms with Crippen molar-refractivity contribution in [2.24, 2.45) is 0 Å². The molecule has 0 aliphatic carbocycles.